The number of amides is 1. The molecule has 0 bridgehead atoms. The van der Waals surface area contributed by atoms with Crippen LogP contribution >= 0.6 is 22.7 Å². The fraction of sp³-hybridized carbons (Fsp3) is 0.292. The van der Waals surface area contributed by atoms with Crippen LogP contribution < -0.4 is 14.4 Å². The average Bonchev–Trinajstić information content (AvgIpc) is 3.45. The first-order chi connectivity index (χ1) is 16.6. The Hall–Kier alpha value is -3.57. The highest BCUT2D eigenvalue weighted by Gasteiger charge is 2.48. The van der Waals surface area contributed by atoms with E-state index in [2.05, 4.69) is 9.97 Å². The number of Topliss-reactive ketones (excluding diaryl/α,β-unsaturated/α-hetero) is 2. The van der Waals surface area contributed by atoms with Gasteiger partial charge in [0.25, 0.3) is 5.91 Å². The number of aryl methyl sites for hydroxylation is 3. The minimum Gasteiger partial charge on any atom is -0.503 e. The van der Waals surface area contributed by atoms with Gasteiger partial charge in [-0.1, -0.05) is 23.5 Å². The standard InChI is InChI=1S/C24H23N3O6S2/c1-10-21(12(3)28)35-24(26-10)27-17(14-8-7-9-15(32-5)20(14)33-6)16(19(30)23(27)31)18(29)22-11(2)25-13(4)34-22/h7-9,17,30H,1-6H3. The molecule has 0 saturated carbocycles. The molecule has 0 aliphatic carbocycles. The fourth-order valence-electron chi connectivity index (χ4n) is 4.13. The van der Waals surface area contributed by atoms with E-state index in [-0.39, 0.29) is 16.5 Å². The number of methoxy groups -OCH3 is 2. The van der Waals surface area contributed by atoms with Gasteiger partial charge < -0.3 is 14.6 Å². The van der Waals surface area contributed by atoms with Crippen LogP contribution in [0.15, 0.2) is 29.5 Å². The summed E-state index contributed by atoms with van der Waals surface area (Å²) in [5.74, 6) is -1.51. The van der Waals surface area contributed by atoms with Crippen molar-refractivity contribution in [2.75, 3.05) is 19.1 Å². The topological polar surface area (TPSA) is 119 Å². The monoisotopic (exact) mass is 513 g/mol. The van der Waals surface area contributed by atoms with E-state index >= 15 is 0 Å². The smallest absolute Gasteiger partial charge is 0.296 e. The minimum atomic E-state index is -1.08. The van der Waals surface area contributed by atoms with Gasteiger partial charge in [-0.15, -0.1) is 11.3 Å². The van der Waals surface area contributed by atoms with E-state index in [1.165, 1.54) is 37.4 Å². The van der Waals surface area contributed by atoms with Gasteiger partial charge in [-0.05, 0) is 26.8 Å². The van der Waals surface area contributed by atoms with Gasteiger partial charge in [0.2, 0.25) is 5.78 Å². The van der Waals surface area contributed by atoms with Crippen LogP contribution in [0.1, 0.15) is 54.3 Å². The second kappa shape index (κ2) is 9.23. The van der Waals surface area contributed by atoms with Gasteiger partial charge >= 0.3 is 0 Å². The Kier molecular flexibility index (Phi) is 6.48. The van der Waals surface area contributed by atoms with Gasteiger partial charge in [-0.2, -0.15) is 0 Å². The summed E-state index contributed by atoms with van der Waals surface area (Å²) in [5.41, 5.74) is 1.26. The maximum absolute atomic E-state index is 13.8. The Bertz CT molecular complexity index is 1400. The molecule has 1 aliphatic heterocycles. The number of anilines is 1. The molecule has 1 amide bonds. The molecule has 1 aliphatic rings. The number of carbonyl (C=O) groups is 3. The lowest BCUT2D eigenvalue weighted by Gasteiger charge is -2.26. The number of ketones is 2. The number of thiazole rings is 2. The number of benzene rings is 1. The number of nitrogens with zero attached hydrogens (tertiary/aromatic N) is 3. The number of rotatable bonds is 7. The molecular weight excluding hydrogens is 490 g/mol. The molecule has 182 valence electrons. The first-order valence-corrected chi connectivity index (χ1v) is 12.2. The van der Waals surface area contributed by atoms with Crippen molar-refractivity contribution < 1.29 is 29.0 Å². The van der Waals surface area contributed by atoms with Gasteiger partial charge in [-0.3, -0.25) is 19.3 Å². The van der Waals surface area contributed by atoms with Crippen molar-refractivity contribution in [2.24, 2.45) is 0 Å². The second-order valence-electron chi connectivity index (χ2n) is 7.87. The lowest BCUT2D eigenvalue weighted by molar-refractivity contribution is -0.117. The van der Waals surface area contributed by atoms with Crippen LogP contribution in [-0.2, 0) is 4.79 Å². The number of ether oxygens (including phenoxy) is 2. The predicted octanol–water partition coefficient (Wildman–Crippen LogP) is 4.53. The number of carbonyl (C=O) groups excluding carboxylic acids is 3. The van der Waals surface area contributed by atoms with Crippen LogP contribution in [0.25, 0.3) is 0 Å². The zero-order valence-electron chi connectivity index (χ0n) is 20.0. The first kappa shape index (κ1) is 24.6. The SMILES string of the molecule is COc1cccc(C2C(C(=O)c3sc(C)nc3C)=C(O)C(=O)N2c2nc(C)c(C(C)=O)s2)c1OC. The fourth-order valence-corrected chi connectivity index (χ4v) is 6.00. The van der Waals surface area contributed by atoms with Gasteiger partial charge in [0.05, 0.1) is 45.9 Å². The number of hydrogen-bond acceptors (Lipinski definition) is 10. The molecule has 1 unspecified atom stereocenters. The quantitative estimate of drug-likeness (QED) is 0.458. The summed E-state index contributed by atoms with van der Waals surface area (Å²) in [7, 11) is 2.93. The van der Waals surface area contributed by atoms with E-state index in [9.17, 15) is 19.5 Å². The molecule has 2 aromatic heterocycles. The molecule has 1 N–H and O–H groups in total. The third kappa shape index (κ3) is 4.00. The average molecular weight is 514 g/mol. The van der Waals surface area contributed by atoms with E-state index in [1.54, 1.807) is 39.0 Å². The Morgan fingerprint density at radius 1 is 1.03 bits per heavy atom. The van der Waals surface area contributed by atoms with Crippen molar-refractivity contribution in [3.63, 3.8) is 0 Å². The summed E-state index contributed by atoms with van der Waals surface area (Å²) in [6, 6.07) is 4.00. The number of para-hydroxylation sites is 1. The van der Waals surface area contributed by atoms with E-state index in [1.807, 2.05) is 0 Å². The van der Waals surface area contributed by atoms with Gasteiger partial charge in [0, 0.05) is 12.5 Å². The van der Waals surface area contributed by atoms with E-state index in [0.717, 1.165) is 11.3 Å². The third-order valence-corrected chi connectivity index (χ3v) is 7.93. The Labute approximate surface area is 209 Å². The molecule has 3 aromatic rings. The van der Waals surface area contributed by atoms with Crippen molar-refractivity contribution in [3.05, 3.63) is 61.2 Å². The summed E-state index contributed by atoms with van der Waals surface area (Å²) >= 11 is 2.21. The molecular formula is C24H23N3O6S2. The maximum Gasteiger partial charge on any atom is 0.296 e. The van der Waals surface area contributed by atoms with Crippen LogP contribution in [0.2, 0.25) is 0 Å². The molecule has 0 radical (unpaired) electrons. The Morgan fingerprint density at radius 3 is 2.26 bits per heavy atom. The molecule has 0 saturated heterocycles. The van der Waals surface area contributed by atoms with Crippen LogP contribution in [0.4, 0.5) is 5.13 Å². The van der Waals surface area contributed by atoms with Gasteiger partial charge in [-0.25, -0.2) is 9.97 Å². The summed E-state index contributed by atoms with van der Waals surface area (Å²) in [5, 5.41) is 11.9. The highest BCUT2D eigenvalue weighted by Crippen LogP contribution is 2.48. The van der Waals surface area contributed by atoms with Crippen LogP contribution in [0.3, 0.4) is 0 Å². The van der Waals surface area contributed by atoms with E-state index in [4.69, 9.17) is 9.47 Å². The summed E-state index contributed by atoms with van der Waals surface area (Å²) in [6.45, 7) is 6.56. The second-order valence-corrected chi connectivity index (χ2v) is 10.0. The lowest BCUT2D eigenvalue weighted by Crippen LogP contribution is -2.31. The molecule has 0 fully saturated rings. The zero-order valence-corrected chi connectivity index (χ0v) is 21.6. The molecule has 11 heteroatoms. The van der Waals surface area contributed by atoms with Gasteiger partial charge in [0.15, 0.2) is 28.2 Å². The number of aliphatic hydroxyl groups is 1. The minimum absolute atomic E-state index is 0.120. The molecule has 1 atom stereocenters. The Balaban J connectivity index is 1.98. The highest BCUT2D eigenvalue weighted by atomic mass is 32.1. The normalized spacial score (nSPS) is 15.7. The van der Waals surface area contributed by atoms with E-state index < -0.39 is 23.5 Å². The van der Waals surface area contributed by atoms with Crippen LogP contribution in [-0.4, -0.2) is 46.8 Å². The van der Waals surface area contributed by atoms with Crippen LogP contribution in [0, 0.1) is 20.8 Å². The molecule has 4 rings (SSSR count). The number of aromatic nitrogens is 2. The summed E-state index contributed by atoms with van der Waals surface area (Å²) in [6.07, 6.45) is 0. The summed E-state index contributed by atoms with van der Waals surface area (Å²) < 4.78 is 11.0. The maximum atomic E-state index is 13.8. The van der Waals surface area contributed by atoms with Crippen molar-refractivity contribution in [2.45, 2.75) is 33.7 Å². The number of aliphatic hydroxyl groups excluding tert-OH is 1. The van der Waals surface area contributed by atoms with Crippen molar-refractivity contribution in [1.82, 2.24) is 9.97 Å². The van der Waals surface area contributed by atoms with Crippen molar-refractivity contribution in [1.29, 1.82) is 0 Å². The summed E-state index contributed by atoms with van der Waals surface area (Å²) in [4.78, 5) is 50.0. The van der Waals surface area contributed by atoms with Gasteiger partial charge in [0.1, 0.15) is 6.04 Å². The molecule has 9 nitrogen and oxygen atoms in total. The first-order valence-electron chi connectivity index (χ1n) is 10.5. The molecule has 35 heavy (non-hydrogen) atoms. The van der Waals surface area contributed by atoms with E-state index in [0.29, 0.717) is 43.2 Å². The number of hydrogen-bond donors (Lipinski definition) is 1. The third-order valence-electron chi connectivity index (χ3n) is 5.60. The molecule has 3 heterocycles. The van der Waals surface area contributed by atoms with Crippen molar-refractivity contribution >= 4 is 45.3 Å². The lowest BCUT2D eigenvalue weighted by atomic mass is 9.94. The van der Waals surface area contributed by atoms with Crippen molar-refractivity contribution in [3.8, 4) is 11.5 Å². The Morgan fingerprint density at radius 2 is 1.71 bits per heavy atom. The molecule has 0 spiro atoms. The zero-order chi connectivity index (χ0) is 25.6. The largest absolute Gasteiger partial charge is 0.503 e. The molecule has 1 aromatic carbocycles. The van der Waals surface area contributed by atoms with Crippen LogP contribution in [0.5, 0.6) is 11.5 Å². The predicted molar refractivity (Wildman–Crippen MR) is 132 cm³/mol. The highest BCUT2D eigenvalue weighted by molar-refractivity contribution is 7.18.